The molecule has 1 aliphatic heterocycles. The number of aliphatic hydroxyl groups is 1. The van der Waals surface area contributed by atoms with Gasteiger partial charge in [0.2, 0.25) is 0 Å². The summed E-state index contributed by atoms with van der Waals surface area (Å²) in [4.78, 5) is 2.48. The Balaban J connectivity index is 2.01. The number of hydrogen-bond acceptors (Lipinski definition) is 2. The van der Waals surface area contributed by atoms with Gasteiger partial charge >= 0.3 is 0 Å². The van der Waals surface area contributed by atoms with E-state index in [4.69, 9.17) is 0 Å². The summed E-state index contributed by atoms with van der Waals surface area (Å²) < 4.78 is 0. The molecule has 1 unspecified atom stereocenters. The van der Waals surface area contributed by atoms with Gasteiger partial charge in [-0.25, -0.2) is 0 Å². The maximum Gasteiger partial charge on any atom is 0.0722 e. The van der Waals surface area contributed by atoms with Crippen molar-refractivity contribution in [3.8, 4) is 0 Å². The molecular weight excluding hydrogens is 234 g/mol. The van der Waals surface area contributed by atoms with E-state index in [-0.39, 0.29) is 0 Å². The largest absolute Gasteiger partial charge is 0.389 e. The van der Waals surface area contributed by atoms with Crippen LogP contribution in [-0.2, 0) is 6.54 Å². The van der Waals surface area contributed by atoms with Gasteiger partial charge in [-0.15, -0.1) is 0 Å². The highest BCUT2D eigenvalue weighted by molar-refractivity contribution is 5.14. The van der Waals surface area contributed by atoms with E-state index in [1.54, 1.807) is 0 Å². The van der Waals surface area contributed by atoms with Gasteiger partial charge in [0.25, 0.3) is 0 Å². The lowest BCUT2D eigenvalue weighted by Gasteiger charge is -2.48. The second kappa shape index (κ2) is 6.06. The smallest absolute Gasteiger partial charge is 0.0722 e. The van der Waals surface area contributed by atoms with Crippen LogP contribution in [0.3, 0.4) is 0 Å². The Bertz CT molecular complexity index is 378. The Kier molecular flexibility index (Phi) is 4.64. The van der Waals surface area contributed by atoms with E-state index in [2.05, 4.69) is 56.0 Å². The predicted molar refractivity (Wildman–Crippen MR) is 79.9 cm³/mol. The number of benzene rings is 1. The highest BCUT2D eigenvalue weighted by atomic mass is 16.3. The van der Waals surface area contributed by atoms with Crippen molar-refractivity contribution in [3.63, 3.8) is 0 Å². The Morgan fingerprint density at radius 2 is 1.74 bits per heavy atom. The zero-order chi connectivity index (χ0) is 13.9. The molecule has 106 valence electrons. The van der Waals surface area contributed by atoms with Gasteiger partial charge in [-0.2, -0.15) is 0 Å². The molecular formula is C17H27NO. The van der Waals surface area contributed by atoms with Crippen LogP contribution in [0.1, 0.15) is 39.2 Å². The molecule has 1 aliphatic rings. The normalized spacial score (nSPS) is 32.4. The van der Waals surface area contributed by atoms with Crippen LogP contribution in [0.2, 0.25) is 0 Å². The second-order valence-electron chi connectivity index (χ2n) is 6.22. The lowest BCUT2D eigenvalue weighted by Crippen LogP contribution is -2.56. The number of rotatable bonds is 4. The minimum absolute atomic E-state index is 0.347. The van der Waals surface area contributed by atoms with E-state index in [0.717, 1.165) is 32.5 Å². The summed E-state index contributed by atoms with van der Waals surface area (Å²) in [6.45, 7) is 9.55. The first-order chi connectivity index (χ1) is 9.06. The van der Waals surface area contributed by atoms with Gasteiger partial charge < -0.3 is 5.11 Å². The van der Waals surface area contributed by atoms with E-state index in [1.807, 2.05) is 0 Å². The van der Waals surface area contributed by atoms with Crippen molar-refractivity contribution in [1.29, 1.82) is 0 Å². The van der Waals surface area contributed by atoms with Gasteiger partial charge in [-0.05, 0) is 23.8 Å². The third-order valence-corrected chi connectivity index (χ3v) is 4.67. The molecule has 0 amide bonds. The zero-order valence-corrected chi connectivity index (χ0v) is 12.5. The van der Waals surface area contributed by atoms with Crippen molar-refractivity contribution in [3.05, 3.63) is 35.9 Å². The maximum atomic E-state index is 10.9. The van der Waals surface area contributed by atoms with Crippen LogP contribution < -0.4 is 0 Å². The van der Waals surface area contributed by atoms with Gasteiger partial charge in [-0.3, -0.25) is 4.90 Å². The summed E-state index contributed by atoms with van der Waals surface area (Å²) >= 11 is 0. The minimum Gasteiger partial charge on any atom is -0.389 e. The quantitative estimate of drug-likeness (QED) is 0.899. The SMILES string of the molecule is CCCC1(O)[C@H](C)CN(Cc2ccccc2)C[C@@H]1C. The third kappa shape index (κ3) is 3.18. The molecule has 3 atom stereocenters. The Morgan fingerprint density at radius 3 is 2.26 bits per heavy atom. The number of hydrogen-bond donors (Lipinski definition) is 1. The molecule has 2 nitrogen and oxygen atoms in total. The Hall–Kier alpha value is -0.860. The summed E-state index contributed by atoms with van der Waals surface area (Å²) in [5, 5.41) is 10.9. The minimum atomic E-state index is -0.470. The maximum absolute atomic E-state index is 10.9. The molecule has 0 bridgehead atoms. The number of nitrogens with zero attached hydrogens (tertiary/aromatic N) is 1. The van der Waals surface area contributed by atoms with Crippen molar-refractivity contribution in [2.45, 2.75) is 45.8 Å². The molecule has 0 radical (unpaired) electrons. The standard InChI is InChI=1S/C17H27NO/c1-4-10-17(19)14(2)11-18(12-15(17)3)13-16-8-6-5-7-9-16/h5-9,14-15,19H,4,10-13H2,1-3H3/t14-,15+,17?. The molecule has 19 heavy (non-hydrogen) atoms. The van der Waals surface area contributed by atoms with E-state index >= 15 is 0 Å². The van der Waals surface area contributed by atoms with Crippen LogP contribution in [0.25, 0.3) is 0 Å². The summed E-state index contributed by atoms with van der Waals surface area (Å²) in [6.07, 6.45) is 1.98. The number of piperidine rings is 1. The van der Waals surface area contributed by atoms with Crippen molar-refractivity contribution in [1.82, 2.24) is 4.90 Å². The molecule has 0 saturated carbocycles. The fourth-order valence-electron chi connectivity index (χ4n) is 3.51. The Labute approximate surface area is 117 Å². The lowest BCUT2D eigenvalue weighted by atomic mass is 9.72. The first-order valence-corrected chi connectivity index (χ1v) is 7.55. The molecule has 1 heterocycles. The molecule has 1 aromatic carbocycles. The predicted octanol–water partition coefficient (Wildman–Crippen LogP) is 3.31. The number of likely N-dealkylation sites (tertiary alicyclic amines) is 1. The highest BCUT2D eigenvalue weighted by Gasteiger charge is 2.43. The highest BCUT2D eigenvalue weighted by Crippen LogP contribution is 2.36. The van der Waals surface area contributed by atoms with Gasteiger partial charge in [0, 0.05) is 19.6 Å². The molecule has 2 heteroatoms. The van der Waals surface area contributed by atoms with E-state index in [9.17, 15) is 5.11 Å². The Morgan fingerprint density at radius 1 is 1.16 bits per heavy atom. The molecule has 1 fully saturated rings. The van der Waals surface area contributed by atoms with Crippen LogP contribution in [0.15, 0.2) is 30.3 Å². The molecule has 0 spiro atoms. The monoisotopic (exact) mass is 261 g/mol. The fourth-order valence-corrected chi connectivity index (χ4v) is 3.51. The molecule has 1 N–H and O–H groups in total. The summed E-state index contributed by atoms with van der Waals surface area (Å²) in [6, 6.07) is 10.6. The van der Waals surface area contributed by atoms with Crippen LogP contribution >= 0.6 is 0 Å². The zero-order valence-electron chi connectivity index (χ0n) is 12.5. The second-order valence-corrected chi connectivity index (χ2v) is 6.22. The third-order valence-electron chi connectivity index (χ3n) is 4.67. The van der Waals surface area contributed by atoms with Crippen LogP contribution in [0.5, 0.6) is 0 Å². The summed E-state index contributed by atoms with van der Waals surface area (Å²) in [5.41, 5.74) is 0.893. The van der Waals surface area contributed by atoms with Crippen LogP contribution in [0, 0.1) is 11.8 Å². The summed E-state index contributed by atoms with van der Waals surface area (Å²) in [7, 11) is 0. The average molecular weight is 261 g/mol. The average Bonchev–Trinajstić information content (AvgIpc) is 2.38. The van der Waals surface area contributed by atoms with Gasteiger partial charge in [-0.1, -0.05) is 57.5 Å². The van der Waals surface area contributed by atoms with Gasteiger partial charge in [0.05, 0.1) is 5.60 Å². The van der Waals surface area contributed by atoms with Gasteiger partial charge in [0.15, 0.2) is 0 Å². The van der Waals surface area contributed by atoms with Crippen molar-refractivity contribution < 1.29 is 5.11 Å². The van der Waals surface area contributed by atoms with Gasteiger partial charge in [0.1, 0.15) is 0 Å². The summed E-state index contributed by atoms with van der Waals surface area (Å²) in [5.74, 6) is 0.694. The topological polar surface area (TPSA) is 23.5 Å². The van der Waals surface area contributed by atoms with Crippen LogP contribution in [0.4, 0.5) is 0 Å². The van der Waals surface area contributed by atoms with E-state index < -0.39 is 5.60 Å². The molecule has 1 aromatic rings. The van der Waals surface area contributed by atoms with E-state index in [1.165, 1.54) is 5.56 Å². The fraction of sp³-hybridized carbons (Fsp3) is 0.647. The first-order valence-electron chi connectivity index (χ1n) is 7.55. The van der Waals surface area contributed by atoms with Crippen molar-refractivity contribution >= 4 is 0 Å². The van der Waals surface area contributed by atoms with Crippen molar-refractivity contribution in [2.75, 3.05) is 13.1 Å². The lowest BCUT2D eigenvalue weighted by molar-refractivity contribution is -0.112. The first kappa shape index (κ1) is 14.5. The molecule has 2 rings (SSSR count). The van der Waals surface area contributed by atoms with E-state index in [0.29, 0.717) is 11.8 Å². The molecule has 1 saturated heterocycles. The van der Waals surface area contributed by atoms with Crippen LogP contribution in [-0.4, -0.2) is 28.7 Å². The molecule has 0 aromatic heterocycles. The van der Waals surface area contributed by atoms with Crippen molar-refractivity contribution in [2.24, 2.45) is 11.8 Å². The molecule has 0 aliphatic carbocycles.